The Labute approximate surface area is 171 Å². The molecule has 1 saturated heterocycles. The second kappa shape index (κ2) is 7.02. The fraction of sp³-hybridized carbons (Fsp3) is 0.227. The summed E-state index contributed by atoms with van der Waals surface area (Å²) in [5, 5.41) is 10.4. The number of aromatic nitrogens is 1. The molecule has 5 nitrogen and oxygen atoms in total. The number of hydrogen-bond acceptors (Lipinski definition) is 5. The minimum atomic E-state index is 0.207. The lowest BCUT2D eigenvalue weighted by Gasteiger charge is -2.19. The average Bonchev–Trinajstić information content (AvgIpc) is 3.41. The molecule has 3 heterocycles. The third kappa shape index (κ3) is 3.07. The number of nitrogens with zero attached hydrogens (tertiary/aromatic N) is 2. The number of aromatic hydroxyl groups is 1. The molecule has 1 N–H and O–H groups in total. The van der Waals surface area contributed by atoms with Crippen molar-refractivity contribution in [3.05, 3.63) is 53.0 Å². The predicted octanol–water partition coefficient (Wildman–Crippen LogP) is 5.21. The third-order valence-corrected chi connectivity index (χ3v) is 5.68. The van der Waals surface area contributed by atoms with Gasteiger partial charge in [-0.15, -0.1) is 0 Å². The highest BCUT2D eigenvalue weighted by molar-refractivity contribution is 9.10. The summed E-state index contributed by atoms with van der Waals surface area (Å²) in [5.74, 6) is 2.63. The van der Waals surface area contributed by atoms with E-state index in [0.717, 1.165) is 51.7 Å². The van der Waals surface area contributed by atoms with Crippen LogP contribution >= 0.6 is 15.9 Å². The van der Waals surface area contributed by atoms with Gasteiger partial charge in [-0.25, -0.2) is 4.98 Å². The Morgan fingerprint density at radius 1 is 0.964 bits per heavy atom. The number of fused-ring (bicyclic) bond motifs is 1. The second-order valence-electron chi connectivity index (χ2n) is 6.99. The Hall–Kier alpha value is -2.73. The van der Waals surface area contributed by atoms with Crippen molar-refractivity contribution in [3.8, 4) is 39.6 Å². The van der Waals surface area contributed by atoms with Gasteiger partial charge in [0.1, 0.15) is 11.6 Å². The van der Waals surface area contributed by atoms with E-state index in [1.807, 2.05) is 36.4 Å². The minimum Gasteiger partial charge on any atom is -0.507 e. The summed E-state index contributed by atoms with van der Waals surface area (Å²) in [6.45, 7) is 2.22. The van der Waals surface area contributed by atoms with Gasteiger partial charge < -0.3 is 19.5 Å². The smallest absolute Gasteiger partial charge is 0.231 e. The molecule has 2 aliphatic rings. The molecule has 5 rings (SSSR count). The minimum absolute atomic E-state index is 0.207. The Bertz CT molecular complexity index is 1050. The molecular weight excluding hydrogens is 420 g/mol. The number of hydrogen-bond donors (Lipinski definition) is 1. The molecule has 0 bridgehead atoms. The Morgan fingerprint density at radius 3 is 2.68 bits per heavy atom. The molecule has 28 heavy (non-hydrogen) atoms. The molecule has 0 saturated carbocycles. The topological polar surface area (TPSA) is 54.8 Å². The van der Waals surface area contributed by atoms with Crippen LogP contribution in [0.5, 0.6) is 17.2 Å². The predicted molar refractivity (Wildman–Crippen MR) is 112 cm³/mol. The first-order chi connectivity index (χ1) is 13.7. The Balaban J connectivity index is 1.70. The van der Waals surface area contributed by atoms with Gasteiger partial charge in [0.05, 0.1) is 5.69 Å². The first-order valence-corrected chi connectivity index (χ1v) is 10.1. The summed E-state index contributed by atoms with van der Waals surface area (Å²) in [6.07, 6.45) is 2.34. The van der Waals surface area contributed by atoms with Crippen LogP contribution in [0.1, 0.15) is 12.8 Å². The Morgan fingerprint density at radius 2 is 1.82 bits per heavy atom. The maximum absolute atomic E-state index is 10.4. The van der Waals surface area contributed by atoms with Crippen LogP contribution < -0.4 is 14.4 Å². The van der Waals surface area contributed by atoms with Gasteiger partial charge in [-0.3, -0.25) is 0 Å². The summed E-state index contributed by atoms with van der Waals surface area (Å²) in [7, 11) is 0. The lowest BCUT2D eigenvalue weighted by Crippen LogP contribution is -2.19. The van der Waals surface area contributed by atoms with Gasteiger partial charge in [0.15, 0.2) is 11.5 Å². The number of ether oxygens (including phenoxy) is 2. The molecule has 0 spiro atoms. The largest absolute Gasteiger partial charge is 0.507 e. The molecule has 1 aromatic heterocycles. The van der Waals surface area contributed by atoms with E-state index >= 15 is 0 Å². The van der Waals surface area contributed by atoms with E-state index in [9.17, 15) is 5.11 Å². The highest BCUT2D eigenvalue weighted by Crippen LogP contribution is 2.43. The standard InChI is InChI=1S/C22H19BrN2O3/c23-15-6-7-19(26)17(12-15)18-10-14(11-21(24-18)25-8-1-2-9-25)16-4-3-5-20-22(16)28-13-27-20/h3-7,10-12,26H,1-2,8-9,13H2. The van der Waals surface area contributed by atoms with Crippen molar-refractivity contribution < 1.29 is 14.6 Å². The summed E-state index contributed by atoms with van der Waals surface area (Å²) in [6, 6.07) is 15.4. The summed E-state index contributed by atoms with van der Waals surface area (Å²) >= 11 is 3.50. The number of pyridine rings is 1. The SMILES string of the molecule is Oc1ccc(Br)cc1-c1cc(-c2cccc3c2OCO3)cc(N2CCCC2)n1. The number of para-hydroxylation sites is 1. The molecule has 2 aliphatic heterocycles. The van der Waals surface area contributed by atoms with E-state index < -0.39 is 0 Å². The molecule has 1 fully saturated rings. The molecular formula is C22H19BrN2O3. The number of phenolic OH excluding ortho intramolecular Hbond substituents is 1. The first-order valence-electron chi connectivity index (χ1n) is 9.34. The molecule has 0 atom stereocenters. The van der Waals surface area contributed by atoms with Crippen molar-refractivity contribution in [1.82, 2.24) is 4.98 Å². The van der Waals surface area contributed by atoms with E-state index in [0.29, 0.717) is 5.56 Å². The molecule has 142 valence electrons. The Kier molecular flexibility index (Phi) is 4.36. The average molecular weight is 439 g/mol. The van der Waals surface area contributed by atoms with Crippen molar-refractivity contribution in [2.45, 2.75) is 12.8 Å². The van der Waals surface area contributed by atoms with Crippen LogP contribution in [0.15, 0.2) is 53.0 Å². The van der Waals surface area contributed by atoms with Gasteiger partial charge in [-0.2, -0.15) is 0 Å². The summed E-state index contributed by atoms with van der Waals surface area (Å²) in [4.78, 5) is 7.17. The second-order valence-corrected chi connectivity index (χ2v) is 7.91. The number of halogens is 1. The highest BCUT2D eigenvalue weighted by atomic mass is 79.9. The van der Waals surface area contributed by atoms with Gasteiger partial charge in [-0.1, -0.05) is 28.1 Å². The van der Waals surface area contributed by atoms with Crippen LogP contribution in [-0.4, -0.2) is 30.0 Å². The van der Waals surface area contributed by atoms with Crippen molar-refractivity contribution in [2.24, 2.45) is 0 Å². The zero-order valence-electron chi connectivity index (χ0n) is 15.2. The van der Waals surface area contributed by atoms with E-state index in [1.54, 1.807) is 6.07 Å². The van der Waals surface area contributed by atoms with Crippen LogP contribution in [-0.2, 0) is 0 Å². The first kappa shape index (κ1) is 17.4. The number of benzene rings is 2. The number of rotatable bonds is 3. The molecule has 6 heteroatoms. The summed E-state index contributed by atoms with van der Waals surface area (Å²) < 4.78 is 12.2. The van der Waals surface area contributed by atoms with E-state index in [2.05, 4.69) is 26.9 Å². The molecule has 0 amide bonds. The number of phenols is 1. The monoisotopic (exact) mass is 438 g/mol. The summed E-state index contributed by atoms with van der Waals surface area (Å²) in [5.41, 5.74) is 3.39. The maximum atomic E-state index is 10.4. The molecule has 2 aromatic carbocycles. The van der Waals surface area contributed by atoms with Gasteiger partial charge in [-0.05, 0) is 54.8 Å². The fourth-order valence-electron chi connectivity index (χ4n) is 3.79. The van der Waals surface area contributed by atoms with Crippen LogP contribution in [0.3, 0.4) is 0 Å². The van der Waals surface area contributed by atoms with Gasteiger partial charge >= 0.3 is 0 Å². The van der Waals surface area contributed by atoms with Crippen molar-refractivity contribution in [3.63, 3.8) is 0 Å². The quantitative estimate of drug-likeness (QED) is 0.607. The van der Waals surface area contributed by atoms with Crippen LogP contribution in [0.4, 0.5) is 5.82 Å². The van der Waals surface area contributed by atoms with Gasteiger partial charge in [0.25, 0.3) is 0 Å². The zero-order valence-corrected chi connectivity index (χ0v) is 16.8. The zero-order chi connectivity index (χ0) is 19.1. The molecule has 0 unspecified atom stereocenters. The van der Waals surface area contributed by atoms with Crippen molar-refractivity contribution in [2.75, 3.05) is 24.8 Å². The van der Waals surface area contributed by atoms with Gasteiger partial charge in [0, 0.05) is 28.7 Å². The molecule has 3 aromatic rings. The van der Waals surface area contributed by atoms with Crippen molar-refractivity contribution in [1.29, 1.82) is 0 Å². The lowest BCUT2D eigenvalue weighted by atomic mass is 10.0. The molecule has 0 radical (unpaired) electrons. The number of anilines is 1. The highest BCUT2D eigenvalue weighted by Gasteiger charge is 2.22. The van der Waals surface area contributed by atoms with E-state index in [-0.39, 0.29) is 12.5 Å². The van der Waals surface area contributed by atoms with E-state index in [1.165, 1.54) is 12.8 Å². The van der Waals surface area contributed by atoms with Crippen LogP contribution in [0, 0.1) is 0 Å². The van der Waals surface area contributed by atoms with Crippen LogP contribution in [0.2, 0.25) is 0 Å². The fourth-order valence-corrected chi connectivity index (χ4v) is 4.15. The molecule has 0 aliphatic carbocycles. The van der Waals surface area contributed by atoms with Gasteiger partial charge in [0.2, 0.25) is 6.79 Å². The maximum Gasteiger partial charge on any atom is 0.231 e. The van der Waals surface area contributed by atoms with Crippen LogP contribution in [0.25, 0.3) is 22.4 Å². The lowest BCUT2D eigenvalue weighted by molar-refractivity contribution is 0.174. The normalized spacial score (nSPS) is 15.2. The third-order valence-electron chi connectivity index (χ3n) is 5.18. The van der Waals surface area contributed by atoms with Crippen molar-refractivity contribution >= 4 is 21.7 Å². The van der Waals surface area contributed by atoms with E-state index in [4.69, 9.17) is 14.5 Å².